The monoisotopic (exact) mass is 612 g/mol. The first-order valence-electron chi connectivity index (χ1n) is 12.6. The van der Waals surface area contributed by atoms with Gasteiger partial charge in [-0.1, -0.05) is 72.8 Å². The highest BCUT2D eigenvalue weighted by Gasteiger charge is 2.20. The van der Waals surface area contributed by atoms with E-state index in [1.165, 1.54) is 12.1 Å². The summed E-state index contributed by atoms with van der Waals surface area (Å²) in [6, 6.07) is 27.3. The quantitative estimate of drug-likeness (QED) is 0.104. The van der Waals surface area contributed by atoms with Crippen LogP contribution in [0, 0.1) is 0 Å². The normalized spacial score (nSPS) is 12.3. The molecular formula is C30H20N4O7S2. The van der Waals surface area contributed by atoms with Crippen LogP contribution in [0.25, 0.3) is 44.2 Å². The van der Waals surface area contributed by atoms with Crippen LogP contribution in [-0.2, 0) is 20.2 Å². The minimum Gasteiger partial charge on any atom is -0.505 e. The molecule has 3 N–H and O–H groups in total. The molecule has 1 aromatic heterocycles. The minimum absolute atomic E-state index is 0.00816. The highest BCUT2D eigenvalue weighted by Crippen LogP contribution is 2.45. The highest BCUT2D eigenvalue weighted by molar-refractivity contribution is 7.86. The third-order valence-electron chi connectivity index (χ3n) is 6.67. The van der Waals surface area contributed by atoms with Gasteiger partial charge in [-0.25, -0.2) is 9.97 Å². The molecule has 6 aromatic rings. The van der Waals surface area contributed by atoms with Gasteiger partial charge in [0.15, 0.2) is 17.4 Å². The van der Waals surface area contributed by atoms with Gasteiger partial charge in [-0.3, -0.25) is 9.11 Å². The fourth-order valence-electron chi connectivity index (χ4n) is 4.65. The Bertz CT molecular complexity index is 2240. The Balaban J connectivity index is 1.60. The standard InChI is InChI=1S/C30H20N4O7S2/c35-29-25-16-21(43(39,40)41)12-14-23(25)22-13-11-20(42(36,37)38)15-24(22)28(29)34-33-27-17-26(18-7-3-1-4-8-18)31-30(32-27)19-9-5-2-6-10-19/h1-17,35H,(H,36,37,38)(H,39,40,41)/b34-33+. The van der Waals surface area contributed by atoms with E-state index in [0.29, 0.717) is 27.9 Å². The van der Waals surface area contributed by atoms with E-state index in [1.807, 2.05) is 60.7 Å². The van der Waals surface area contributed by atoms with Gasteiger partial charge in [0.25, 0.3) is 20.2 Å². The molecule has 11 nitrogen and oxygen atoms in total. The van der Waals surface area contributed by atoms with Crippen molar-refractivity contribution in [1.82, 2.24) is 9.97 Å². The third kappa shape index (κ3) is 5.57. The zero-order chi connectivity index (χ0) is 30.4. The summed E-state index contributed by atoms with van der Waals surface area (Å²) in [4.78, 5) is 8.27. The molecule has 214 valence electrons. The van der Waals surface area contributed by atoms with Gasteiger partial charge >= 0.3 is 0 Å². The number of aromatic nitrogens is 2. The van der Waals surface area contributed by atoms with Crippen molar-refractivity contribution in [2.45, 2.75) is 9.79 Å². The summed E-state index contributed by atoms with van der Waals surface area (Å²) in [6.07, 6.45) is 0. The Morgan fingerprint density at radius 3 is 1.67 bits per heavy atom. The van der Waals surface area contributed by atoms with Crippen molar-refractivity contribution in [3.63, 3.8) is 0 Å². The lowest BCUT2D eigenvalue weighted by atomic mass is 9.99. The van der Waals surface area contributed by atoms with Crippen molar-refractivity contribution in [3.8, 4) is 28.4 Å². The molecule has 0 radical (unpaired) electrons. The molecule has 0 atom stereocenters. The van der Waals surface area contributed by atoms with Crippen molar-refractivity contribution in [3.05, 3.63) is 103 Å². The predicted molar refractivity (Wildman–Crippen MR) is 160 cm³/mol. The van der Waals surface area contributed by atoms with E-state index in [1.54, 1.807) is 6.07 Å². The van der Waals surface area contributed by atoms with E-state index in [2.05, 4.69) is 20.2 Å². The molecule has 0 fully saturated rings. The molecule has 0 saturated carbocycles. The smallest absolute Gasteiger partial charge is 0.294 e. The second kappa shape index (κ2) is 10.6. The Morgan fingerprint density at radius 1 is 0.558 bits per heavy atom. The molecule has 5 aromatic carbocycles. The molecule has 0 bridgehead atoms. The van der Waals surface area contributed by atoms with E-state index < -0.39 is 35.8 Å². The lowest BCUT2D eigenvalue weighted by Crippen LogP contribution is -1.99. The first-order valence-corrected chi connectivity index (χ1v) is 15.5. The van der Waals surface area contributed by atoms with Crippen LogP contribution in [0.3, 0.4) is 0 Å². The van der Waals surface area contributed by atoms with Gasteiger partial charge < -0.3 is 5.11 Å². The fraction of sp³-hybridized carbons (Fsp3) is 0. The number of benzene rings is 5. The summed E-state index contributed by atoms with van der Waals surface area (Å²) in [5, 5.41) is 20.6. The summed E-state index contributed by atoms with van der Waals surface area (Å²) in [7, 11) is -9.25. The highest BCUT2D eigenvalue weighted by atomic mass is 32.2. The molecule has 6 rings (SSSR count). The number of rotatable bonds is 6. The molecular weight excluding hydrogens is 592 g/mol. The summed E-state index contributed by atoms with van der Waals surface area (Å²) in [5.74, 6) is -0.0715. The average molecular weight is 613 g/mol. The largest absolute Gasteiger partial charge is 0.505 e. The van der Waals surface area contributed by atoms with E-state index in [-0.39, 0.29) is 22.3 Å². The van der Waals surface area contributed by atoms with Gasteiger partial charge in [0.2, 0.25) is 0 Å². The maximum atomic E-state index is 11.9. The van der Waals surface area contributed by atoms with Crippen LogP contribution in [0.2, 0.25) is 0 Å². The molecule has 0 aliphatic heterocycles. The molecule has 0 aliphatic rings. The van der Waals surface area contributed by atoms with Crippen molar-refractivity contribution < 1.29 is 31.0 Å². The Kier molecular flexibility index (Phi) is 6.94. The zero-order valence-electron chi connectivity index (χ0n) is 21.9. The average Bonchev–Trinajstić information content (AvgIpc) is 3.00. The first kappa shape index (κ1) is 28.1. The van der Waals surface area contributed by atoms with Gasteiger partial charge in [-0.05, 0) is 35.0 Å². The van der Waals surface area contributed by atoms with Crippen LogP contribution in [-0.4, -0.2) is 41.0 Å². The third-order valence-corrected chi connectivity index (χ3v) is 8.37. The van der Waals surface area contributed by atoms with Crippen LogP contribution >= 0.6 is 0 Å². The van der Waals surface area contributed by atoms with Crippen molar-refractivity contribution in [2.24, 2.45) is 10.2 Å². The zero-order valence-corrected chi connectivity index (χ0v) is 23.5. The van der Waals surface area contributed by atoms with Crippen LogP contribution in [0.4, 0.5) is 11.5 Å². The van der Waals surface area contributed by atoms with Crippen LogP contribution < -0.4 is 0 Å². The Morgan fingerprint density at radius 2 is 1.09 bits per heavy atom. The second-order valence-electron chi connectivity index (χ2n) is 9.43. The SMILES string of the molecule is O=S(=O)(O)c1ccc2c(c1)c(O)c(/N=N/c1cc(-c3ccccc3)nc(-c3ccccc3)n1)c1cc(S(=O)(=O)O)ccc12. The van der Waals surface area contributed by atoms with Gasteiger partial charge in [-0.15, -0.1) is 10.2 Å². The number of aromatic hydroxyl groups is 1. The number of nitrogens with zero attached hydrogens (tertiary/aromatic N) is 4. The maximum absolute atomic E-state index is 11.9. The Hall–Kier alpha value is -5.08. The van der Waals surface area contributed by atoms with E-state index in [4.69, 9.17) is 0 Å². The molecule has 13 heteroatoms. The van der Waals surface area contributed by atoms with E-state index in [0.717, 1.165) is 29.8 Å². The first-order chi connectivity index (χ1) is 20.5. The Labute approximate surface area is 245 Å². The van der Waals surface area contributed by atoms with Gasteiger partial charge in [0, 0.05) is 28.0 Å². The van der Waals surface area contributed by atoms with E-state index >= 15 is 0 Å². The molecule has 43 heavy (non-hydrogen) atoms. The lowest BCUT2D eigenvalue weighted by Gasteiger charge is -2.12. The topological polar surface area (TPSA) is 179 Å². The van der Waals surface area contributed by atoms with Gasteiger partial charge in [0.1, 0.15) is 5.69 Å². The number of hydrogen-bond donors (Lipinski definition) is 3. The van der Waals surface area contributed by atoms with Crippen molar-refractivity contribution >= 4 is 53.3 Å². The number of azo groups is 1. The van der Waals surface area contributed by atoms with E-state index in [9.17, 15) is 31.0 Å². The summed E-state index contributed by atoms with van der Waals surface area (Å²) >= 11 is 0. The molecule has 0 aliphatic carbocycles. The summed E-state index contributed by atoms with van der Waals surface area (Å²) < 4.78 is 66.8. The second-order valence-corrected chi connectivity index (χ2v) is 12.3. The van der Waals surface area contributed by atoms with Crippen molar-refractivity contribution in [2.75, 3.05) is 0 Å². The molecule has 1 heterocycles. The van der Waals surface area contributed by atoms with Crippen LogP contribution in [0.15, 0.2) is 123 Å². The van der Waals surface area contributed by atoms with Gasteiger partial charge in [-0.2, -0.15) is 16.8 Å². The van der Waals surface area contributed by atoms with Crippen LogP contribution in [0.5, 0.6) is 5.75 Å². The lowest BCUT2D eigenvalue weighted by molar-refractivity contribution is 0.479. The fourth-order valence-corrected chi connectivity index (χ4v) is 5.66. The van der Waals surface area contributed by atoms with Crippen molar-refractivity contribution in [1.29, 1.82) is 0 Å². The summed E-state index contributed by atoms with van der Waals surface area (Å²) in [5.41, 5.74) is 1.82. The number of phenolic OH excluding ortho intramolecular Hbond substituents is 1. The number of fused-ring (bicyclic) bond motifs is 3. The van der Waals surface area contributed by atoms with Gasteiger partial charge in [0.05, 0.1) is 15.5 Å². The number of hydrogen-bond acceptors (Lipinski definition) is 9. The number of phenols is 1. The molecule has 0 unspecified atom stereocenters. The summed E-state index contributed by atoms with van der Waals surface area (Å²) in [6.45, 7) is 0. The minimum atomic E-state index is -4.63. The van der Waals surface area contributed by atoms with Crippen LogP contribution in [0.1, 0.15) is 0 Å². The molecule has 0 spiro atoms. The molecule has 0 saturated heterocycles. The maximum Gasteiger partial charge on any atom is 0.294 e. The predicted octanol–water partition coefficient (Wildman–Crippen LogP) is 6.73. The molecule has 0 amide bonds.